The Balaban J connectivity index is 2.17. The second kappa shape index (κ2) is 9.05. The molecule has 132 valence electrons. The fourth-order valence-corrected chi connectivity index (χ4v) is 2.51. The second-order valence-electron chi connectivity index (χ2n) is 5.33. The van der Waals surface area contributed by atoms with Crippen LogP contribution in [0.2, 0.25) is 5.02 Å². The van der Waals surface area contributed by atoms with E-state index in [0.717, 1.165) is 0 Å². The number of hydrogen-bond acceptors (Lipinski definition) is 4. The van der Waals surface area contributed by atoms with Crippen molar-refractivity contribution in [3.63, 3.8) is 0 Å². The molecule has 0 aliphatic carbocycles. The molecule has 6 nitrogen and oxygen atoms in total. The molecular formula is C18H19ClN2O4. The fourth-order valence-electron chi connectivity index (χ4n) is 2.27. The molecule has 0 atom stereocenters. The number of para-hydroxylation sites is 1. The molecule has 0 aliphatic heterocycles. The molecule has 0 bridgehead atoms. The predicted octanol–water partition coefficient (Wildman–Crippen LogP) is 3.28. The topological polar surface area (TPSA) is 87.7 Å². The molecule has 2 aromatic rings. The maximum atomic E-state index is 12.5. The molecule has 1 amide bonds. The first kappa shape index (κ1) is 18.8. The number of carboxylic acids is 1. The molecule has 0 fully saturated rings. The molecule has 0 unspecified atom stereocenters. The van der Waals surface area contributed by atoms with Gasteiger partial charge in [0.1, 0.15) is 0 Å². The van der Waals surface area contributed by atoms with E-state index in [-0.39, 0.29) is 12.3 Å². The minimum atomic E-state index is -0.964. The first-order chi connectivity index (χ1) is 12.0. The number of aliphatic carboxylic acids is 1. The summed E-state index contributed by atoms with van der Waals surface area (Å²) in [4.78, 5) is 23.5. The van der Waals surface area contributed by atoms with E-state index < -0.39 is 5.97 Å². The zero-order valence-electron chi connectivity index (χ0n) is 13.7. The SMILES string of the molecule is COCCNc1cc(Cl)cc(C(=O)Nc2ccccc2CC(=O)O)c1. The van der Waals surface area contributed by atoms with E-state index in [2.05, 4.69) is 10.6 Å². The number of carbonyl (C=O) groups excluding carboxylic acids is 1. The number of carbonyl (C=O) groups is 2. The van der Waals surface area contributed by atoms with E-state index in [0.29, 0.717) is 40.7 Å². The number of carboxylic acid groups (broad SMARTS) is 1. The van der Waals surface area contributed by atoms with Gasteiger partial charge in [-0.2, -0.15) is 0 Å². The number of hydrogen-bond donors (Lipinski definition) is 3. The first-order valence-corrected chi connectivity index (χ1v) is 8.02. The smallest absolute Gasteiger partial charge is 0.307 e. The van der Waals surface area contributed by atoms with Crippen molar-refractivity contribution in [3.8, 4) is 0 Å². The zero-order chi connectivity index (χ0) is 18.2. The van der Waals surface area contributed by atoms with Gasteiger partial charge in [-0.05, 0) is 29.8 Å². The van der Waals surface area contributed by atoms with Gasteiger partial charge in [-0.1, -0.05) is 29.8 Å². The molecule has 0 heterocycles. The molecule has 0 saturated heterocycles. The lowest BCUT2D eigenvalue weighted by molar-refractivity contribution is -0.136. The Morgan fingerprint density at radius 2 is 1.96 bits per heavy atom. The standard InChI is InChI=1S/C18H19ClN2O4/c1-25-7-6-20-15-9-13(8-14(19)11-15)18(24)21-16-5-3-2-4-12(16)10-17(22)23/h2-5,8-9,11,20H,6-7,10H2,1H3,(H,21,24)(H,22,23). The van der Waals surface area contributed by atoms with Crippen molar-refractivity contribution in [2.24, 2.45) is 0 Å². The van der Waals surface area contributed by atoms with Crippen LogP contribution < -0.4 is 10.6 Å². The normalized spacial score (nSPS) is 10.3. The Hall–Kier alpha value is -2.57. The molecule has 0 spiro atoms. The summed E-state index contributed by atoms with van der Waals surface area (Å²) in [6, 6.07) is 11.7. The van der Waals surface area contributed by atoms with Crippen LogP contribution in [0.15, 0.2) is 42.5 Å². The highest BCUT2D eigenvalue weighted by atomic mass is 35.5. The van der Waals surface area contributed by atoms with Crippen molar-refractivity contribution in [2.75, 3.05) is 30.9 Å². The number of ether oxygens (including phenoxy) is 1. The van der Waals surface area contributed by atoms with Crippen LogP contribution in [-0.4, -0.2) is 37.2 Å². The fraction of sp³-hybridized carbons (Fsp3) is 0.222. The van der Waals surface area contributed by atoms with E-state index >= 15 is 0 Å². The molecule has 0 radical (unpaired) electrons. The maximum absolute atomic E-state index is 12.5. The Kier molecular flexibility index (Phi) is 6.80. The van der Waals surface area contributed by atoms with E-state index in [9.17, 15) is 9.59 Å². The molecule has 7 heteroatoms. The molecule has 25 heavy (non-hydrogen) atoms. The molecule has 0 saturated carbocycles. The van der Waals surface area contributed by atoms with Gasteiger partial charge in [0.25, 0.3) is 5.91 Å². The molecule has 3 N–H and O–H groups in total. The van der Waals surface area contributed by atoms with Gasteiger partial charge >= 0.3 is 5.97 Å². The van der Waals surface area contributed by atoms with Crippen LogP contribution in [0.3, 0.4) is 0 Å². The quantitative estimate of drug-likeness (QED) is 0.627. The van der Waals surface area contributed by atoms with Crippen molar-refractivity contribution in [3.05, 3.63) is 58.6 Å². The summed E-state index contributed by atoms with van der Waals surface area (Å²) in [6.45, 7) is 1.11. The van der Waals surface area contributed by atoms with Crippen molar-refractivity contribution < 1.29 is 19.4 Å². The lowest BCUT2D eigenvalue weighted by atomic mass is 10.1. The lowest BCUT2D eigenvalue weighted by Crippen LogP contribution is -2.15. The number of benzene rings is 2. The van der Waals surface area contributed by atoms with Gasteiger partial charge in [0.2, 0.25) is 0 Å². The van der Waals surface area contributed by atoms with Gasteiger partial charge in [0, 0.05) is 35.6 Å². The van der Waals surface area contributed by atoms with Crippen molar-refractivity contribution in [1.29, 1.82) is 0 Å². The van der Waals surface area contributed by atoms with Gasteiger partial charge in [-0.15, -0.1) is 0 Å². The van der Waals surface area contributed by atoms with Gasteiger partial charge in [0.05, 0.1) is 13.0 Å². The van der Waals surface area contributed by atoms with E-state index in [1.54, 1.807) is 49.6 Å². The van der Waals surface area contributed by atoms with E-state index in [1.807, 2.05) is 0 Å². The molecule has 2 aromatic carbocycles. The Morgan fingerprint density at radius 3 is 2.68 bits per heavy atom. The average Bonchev–Trinajstić information content (AvgIpc) is 2.56. The minimum Gasteiger partial charge on any atom is -0.481 e. The largest absolute Gasteiger partial charge is 0.481 e. The Morgan fingerprint density at radius 1 is 1.20 bits per heavy atom. The molecular weight excluding hydrogens is 344 g/mol. The number of amides is 1. The highest BCUT2D eigenvalue weighted by Gasteiger charge is 2.12. The van der Waals surface area contributed by atoms with Gasteiger partial charge in [-0.3, -0.25) is 9.59 Å². The molecule has 0 aromatic heterocycles. The van der Waals surface area contributed by atoms with Crippen molar-refractivity contribution in [2.45, 2.75) is 6.42 Å². The third-order valence-electron chi connectivity index (χ3n) is 3.40. The summed E-state index contributed by atoms with van der Waals surface area (Å²) >= 11 is 6.08. The second-order valence-corrected chi connectivity index (χ2v) is 5.77. The van der Waals surface area contributed by atoms with Crippen molar-refractivity contribution >= 4 is 34.9 Å². The summed E-state index contributed by atoms with van der Waals surface area (Å²) in [5, 5.41) is 15.2. The number of anilines is 2. The van der Waals surface area contributed by atoms with Crippen LogP contribution in [0.5, 0.6) is 0 Å². The Bertz CT molecular complexity index is 764. The molecule has 2 rings (SSSR count). The average molecular weight is 363 g/mol. The summed E-state index contributed by atoms with van der Waals surface area (Å²) in [5.41, 5.74) is 2.07. The highest BCUT2D eigenvalue weighted by Crippen LogP contribution is 2.21. The summed E-state index contributed by atoms with van der Waals surface area (Å²) in [5.74, 6) is -1.33. The zero-order valence-corrected chi connectivity index (χ0v) is 14.5. The number of nitrogens with one attached hydrogen (secondary N) is 2. The number of halogens is 1. The van der Waals surface area contributed by atoms with E-state index in [4.69, 9.17) is 21.4 Å². The van der Waals surface area contributed by atoms with Crippen LogP contribution >= 0.6 is 11.6 Å². The minimum absolute atomic E-state index is 0.171. The van der Waals surface area contributed by atoms with Crippen LogP contribution in [0, 0.1) is 0 Å². The summed E-state index contributed by atoms with van der Waals surface area (Å²) in [6.07, 6.45) is -0.171. The number of rotatable bonds is 8. The van der Waals surface area contributed by atoms with Crippen LogP contribution in [0.25, 0.3) is 0 Å². The van der Waals surface area contributed by atoms with Gasteiger partial charge < -0.3 is 20.5 Å². The van der Waals surface area contributed by atoms with Crippen LogP contribution in [0.4, 0.5) is 11.4 Å². The summed E-state index contributed by atoms with van der Waals surface area (Å²) < 4.78 is 4.97. The van der Waals surface area contributed by atoms with E-state index in [1.165, 1.54) is 0 Å². The summed E-state index contributed by atoms with van der Waals surface area (Å²) in [7, 11) is 1.60. The number of methoxy groups -OCH3 is 1. The van der Waals surface area contributed by atoms with Crippen LogP contribution in [0.1, 0.15) is 15.9 Å². The van der Waals surface area contributed by atoms with Crippen LogP contribution in [-0.2, 0) is 16.0 Å². The van der Waals surface area contributed by atoms with Crippen molar-refractivity contribution in [1.82, 2.24) is 0 Å². The third-order valence-corrected chi connectivity index (χ3v) is 3.62. The lowest BCUT2D eigenvalue weighted by Gasteiger charge is -2.12. The third kappa shape index (κ3) is 5.77. The van der Waals surface area contributed by atoms with Gasteiger partial charge in [0.15, 0.2) is 0 Å². The maximum Gasteiger partial charge on any atom is 0.307 e. The highest BCUT2D eigenvalue weighted by molar-refractivity contribution is 6.31. The monoisotopic (exact) mass is 362 g/mol. The molecule has 0 aliphatic rings. The Labute approximate surface area is 150 Å². The van der Waals surface area contributed by atoms with Gasteiger partial charge in [-0.25, -0.2) is 0 Å². The predicted molar refractivity (Wildman–Crippen MR) is 97.6 cm³/mol. The first-order valence-electron chi connectivity index (χ1n) is 7.64.